The lowest BCUT2D eigenvalue weighted by Crippen LogP contribution is -2.46. The summed E-state index contributed by atoms with van der Waals surface area (Å²) >= 11 is 11.8. The maximum atomic E-state index is 12.7. The average Bonchev–Trinajstić information content (AvgIpc) is 2.66. The van der Waals surface area contributed by atoms with E-state index in [9.17, 15) is 13.2 Å². The normalized spacial score (nSPS) is 16.2. The zero-order valence-corrected chi connectivity index (χ0v) is 16.8. The number of hydrogen-bond acceptors (Lipinski definition) is 4. The quantitative estimate of drug-likeness (QED) is 0.794. The first-order valence-electron chi connectivity index (χ1n) is 8.48. The van der Waals surface area contributed by atoms with Gasteiger partial charge in [-0.25, -0.2) is 12.7 Å². The Bertz CT molecular complexity index is 915. The molecular weight excluding hydrogens is 409 g/mol. The van der Waals surface area contributed by atoms with Gasteiger partial charge in [-0.05, 0) is 42.7 Å². The maximum absolute atomic E-state index is 12.7. The summed E-state index contributed by atoms with van der Waals surface area (Å²) in [5.74, 6) is -0.323. The molecule has 144 valence electrons. The van der Waals surface area contributed by atoms with E-state index in [2.05, 4.69) is 10.3 Å². The topological polar surface area (TPSA) is 79.4 Å². The molecule has 6 nitrogen and oxygen atoms in total. The molecule has 1 fully saturated rings. The number of amides is 1. The van der Waals surface area contributed by atoms with Gasteiger partial charge in [-0.15, -0.1) is 0 Å². The largest absolute Gasteiger partial charge is 0.349 e. The Labute approximate surface area is 168 Å². The van der Waals surface area contributed by atoms with Crippen LogP contribution in [0.2, 0.25) is 10.0 Å². The second kappa shape index (κ2) is 8.56. The molecule has 27 heavy (non-hydrogen) atoms. The molecule has 1 aliphatic heterocycles. The van der Waals surface area contributed by atoms with Gasteiger partial charge in [-0.3, -0.25) is 9.78 Å². The summed E-state index contributed by atoms with van der Waals surface area (Å²) in [6.07, 6.45) is 4.24. The molecule has 0 bridgehead atoms. The van der Waals surface area contributed by atoms with Crippen molar-refractivity contribution >= 4 is 39.1 Å². The molecule has 0 radical (unpaired) electrons. The van der Waals surface area contributed by atoms with E-state index in [0.29, 0.717) is 47.1 Å². The lowest BCUT2D eigenvalue weighted by Gasteiger charge is -2.31. The van der Waals surface area contributed by atoms with E-state index in [4.69, 9.17) is 23.2 Å². The zero-order valence-electron chi connectivity index (χ0n) is 14.4. The van der Waals surface area contributed by atoms with Crippen molar-refractivity contribution in [1.29, 1.82) is 0 Å². The van der Waals surface area contributed by atoms with Crippen LogP contribution < -0.4 is 5.32 Å². The van der Waals surface area contributed by atoms with Gasteiger partial charge in [0.25, 0.3) is 5.91 Å². The molecule has 1 amide bonds. The minimum atomic E-state index is -3.46. The Morgan fingerprint density at radius 1 is 1.19 bits per heavy atom. The zero-order chi connectivity index (χ0) is 19.4. The fraction of sp³-hybridized carbons (Fsp3) is 0.333. The number of nitrogens with one attached hydrogen (secondary N) is 1. The summed E-state index contributed by atoms with van der Waals surface area (Å²) in [5.41, 5.74) is 1.09. The fourth-order valence-corrected chi connectivity index (χ4v) is 4.85. The van der Waals surface area contributed by atoms with Gasteiger partial charge in [0.1, 0.15) is 0 Å². The van der Waals surface area contributed by atoms with Crippen molar-refractivity contribution in [2.24, 2.45) is 0 Å². The van der Waals surface area contributed by atoms with Crippen molar-refractivity contribution in [3.05, 3.63) is 63.9 Å². The number of halogens is 2. The number of carbonyl (C=O) groups is 1. The third-order valence-corrected chi connectivity index (χ3v) is 7.03. The highest BCUT2D eigenvalue weighted by molar-refractivity contribution is 7.88. The lowest BCUT2D eigenvalue weighted by atomic mass is 10.1. The Morgan fingerprint density at radius 2 is 1.93 bits per heavy atom. The molecule has 1 aliphatic rings. The van der Waals surface area contributed by atoms with Crippen LogP contribution in [0.25, 0.3) is 0 Å². The van der Waals surface area contributed by atoms with Gasteiger partial charge in [0.05, 0.1) is 21.4 Å². The Kier molecular flexibility index (Phi) is 6.37. The summed E-state index contributed by atoms with van der Waals surface area (Å²) in [6.45, 7) is 0.725. The summed E-state index contributed by atoms with van der Waals surface area (Å²) in [4.78, 5) is 16.1. The first kappa shape index (κ1) is 20.1. The lowest BCUT2D eigenvalue weighted by molar-refractivity contribution is 0.0923. The third kappa shape index (κ3) is 5.19. The van der Waals surface area contributed by atoms with Gasteiger partial charge < -0.3 is 5.32 Å². The van der Waals surface area contributed by atoms with E-state index in [1.165, 1.54) is 10.5 Å². The van der Waals surface area contributed by atoms with Crippen LogP contribution in [-0.4, -0.2) is 42.7 Å². The summed E-state index contributed by atoms with van der Waals surface area (Å²) in [5, 5.41) is 3.66. The predicted molar refractivity (Wildman–Crippen MR) is 105 cm³/mol. The first-order valence-corrected chi connectivity index (χ1v) is 10.8. The minimum Gasteiger partial charge on any atom is -0.349 e. The van der Waals surface area contributed by atoms with Crippen molar-refractivity contribution < 1.29 is 13.2 Å². The van der Waals surface area contributed by atoms with Crippen LogP contribution in [0.1, 0.15) is 28.8 Å². The molecule has 9 heteroatoms. The molecule has 3 rings (SSSR count). The van der Waals surface area contributed by atoms with E-state index in [-0.39, 0.29) is 17.7 Å². The van der Waals surface area contributed by atoms with Crippen molar-refractivity contribution in [2.75, 3.05) is 13.1 Å². The number of hydrogen-bond donors (Lipinski definition) is 1. The predicted octanol–water partition coefficient (Wildman–Crippen LogP) is 3.11. The summed E-state index contributed by atoms with van der Waals surface area (Å²) < 4.78 is 26.8. The van der Waals surface area contributed by atoms with Crippen molar-refractivity contribution in [1.82, 2.24) is 14.6 Å². The molecule has 1 saturated heterocycles. The first-order chi connectivity index (χ1) is 12.8. The second-order valence-corrected chi connectivity index (χ2v) is 9.18. The number of benzene rings is 1. The maximum Gasteiger partial charge on any atom is 0.253 e. The highest BCUT2D eigenvalue weighted by Gasteiger charge is 2.29. The van der Waals surface area contributed by atoms with Gasteiger partial charge in [-0.2, -0.15) is 0 Å². The van der Waals surface area contributed by atoms with E-state index >= 15 is 0 Å². The molecule has 2 aromatic rings. The average molecular weight is 428 g/mol. The highest BCUT2D eigenvalue weighted by Crippen LogP contribution is 2.25. The van der Waals surface area contributed by atoms with E-state index in [1.807, 2.05) is 0 Å². The van der Waals surface area contributed by atoms with E-state index in [1.54, 1.807) is 36.5 Å². The molecule has 0 atom stereocenters. The SMILES string of the molecule is O=C(NC1CCN(S(=O)(=O)Cc2ccc(Cl)c(Cl)c2)CC1)c1cccnc1. The number of rotatable bonds is 5. The number of carbonyl (C=O) groups excluding carboxylic acids is 1. The van der Waals surface area contributed by atoms with Gasteiger partial charge in [0.2, 0.25) is 10.0 Å². The van der Waals surface area contributed by atoms with Gasteiger partial charge >= 0.3 is 0 Å². The summed E-state index contributed by atoms with van der Waals surface area (Å²) in [6, 6.07) is 8.16. The van der Waals surface area contributed by atoms with Crippen molar-refractivity contribution in [3.63, 3.8) is 0 Å². The number of pyridine rings is 1. The van der Waals surface area contributed by atoms with Crippen LogP contribution in [0.15, 0.2) is 42.7 Å². The molecule has 0 saturated carbocycles. The van der Waals surface area contributed by atoms with Crippen LogP contribution in [0.4, 0.5) is 0 Å². The molecular formula is C18H19Cl2N3O3S. The molecule has 0 unspecified atom stereocenters. The molecule has 1 aromatic heterocycles. The monoisotopic (exact) mass is 427 g/mol. The van der Waals surface area contributed by atoms with Crippen LogP contribution in [0.3, 0.4) is 0 Å². The Balaban J connectivity index is 1.56. The molecule has 1 N–H and O–H groups in total. The van der Waals surface area contributed by atoms with E-state index in [0.717, 1.165) is 0 Å². The van der Waals surface area contributed by atoms with Gasteiger partial charge in [0.15, 0.2) is 0 Å². The fourth-order valence-electron chi connectivity index (χ4n) is 2.98. The minimum absolute atomic E-state index is 0.0610. The van der Waals surface area contributed by atoms with Crippen LogP contribution >= 0.6 is 23.2 Å². The van der Waals surface area contributed by atoms with Gasteiger partial charge in [0, 0.05) is 31.5 Å². The molecule has 0 aliphatic carbocycles. The van der Waals surface area contributed by atoms with Gasteiger partial charge in [-0.1, -0.05) is 29.3 Å². The smallest absolute Gasteiger partial charge is 0.253 e. The standard InChI is InChI=1S/C18H19Cl2N3O3S/c19-16-4-3-13(10-17(16)20)12-27(25,26)23-8-5-15(6-9-23)22-18(24)14-2-1-7-21-11-14/h1-4,7,10-11,15H,5-6,8-9,12H2,(H,22,24). The third-order valence-electron chi connectivity index (χ3n) is 4.44. The molecule has 1 aromatic carbocycles. The number of nitrogens with zero attached hydrogens (tertiary/aromatic N) is 2. The Morgan fingerprint density at radius 3 is 2.56 bits per heavy atom. The molecule has 0 spiro atoms. The van der Waals surface area contributed by atoms with E-state index < -0.39 is 10.0 Å². The highest BCUT2D eigenvalue weighted by atomic mass is 35.5. The number of sulfonamides is 1. The van der Waals surface area contributed by atoms with Crippen molar-refractivity contribution in [2.45, 2.75) is 24.6 Å². The second-order valence-electron chi connectivity index (χ2n) is 6.39. The summed E-state index contributed by atoms with van der Waals surface area (Å²) in [7, 11) is -3.46. The van der Waals surface area contributed by atoms with Crippen molar-refractivity contribution in [3.8, 4) is 0 Å². The van der Waals surface area contributed by atoms with Crippen LogP contribution in [0, 0.1) is 0 Å². The Hall–Kier alpha value is -1.67. The molecule has 2 heterocycles. The van der Waals surface area contributed by atoms with Crippen LogP contribution in [0.5, 0.6) is 0 Å². The number of piperidine rings is 1. The van der Waals surface area contributed by atoms with Crippen LogP contribution in [-0.2, 0) is 15.8 Å². The number of aromatic nitrogens is 1.